The Morgan fingerprint density at radius 3 is 2.61 bits per heavy atom. The van der Waals surface area contributed by atoms with Gasteiger partial charge in [-0.25, -0.2) is 13.1 Å². The summed E-state index contributed by atoms with van der Waals surface area (Å²) < 4.78 is 28.7. The minimum Gasteiger partial charge on any atom is -0.352 e. The highest BCUT2D eigenvalue weighted by molar-refractivity contribution is 7.89. The van der Waals surface area contributed by atoms with Gasteiger partial charge in [-0.1, -0.05) is 13.3 Å². The Hall–Kier alpha value is -0.850. The lowest BCUT2D eigenvalue weighted by atomic mass is 9.71. The highest BCUT2D eigenvalue weighted by atomic mass is 32.2. The van der Waals surface area contributed by atoms with Crippen LogP contribution in [-0.4, -0.2) is 19.5 Å². The van der Waals surface area contributed by atoms with Crippen LogP contribution in [0.3, 0.4) is 0 Å². The minimum atomic E-state index is -3.41. The number of hydrogen-bond donors (Lipinski definition) is 2. The summed E-state index contributed by atoms with van der Waals surface area (Å²) in [5, 5.41) is 0. The molecule has 1 saturated carbocycles. The third-order valence-electron chi connectivity index (χ3n) is 3.85. The summed E-state index contributed by atoms with van der Waals surface area (Å²) in [7, 11) is -1.61. The van der Waals surface area contributed by atoms with Crippen molar-refractivity contribution in [3.8, 4) is 0 Å². The van der Waals surface area contributed by atoms with Crippen molar-refractivity contribution in [2.75, 3.05) is 6.54 Å². The Morgan fingerprint density at radius 1 is 1.50 bits per heavy atom. The Morgan fingerprint density at radius 2 is 2.17 bits per heavy atom. The molecule has 0 amide bonds. The van der Waals surface area contributed by atoms with Crippen molar-refractivity contribution in [2.45, 2.75) is 37.6 Å². The van der Waals surface area contributed by atoms with Gasteiger partial charge in [-0.2, -0.15) is 0 Å². The highest BCUT2D eigenvalue weighted by Gasteiger charge is 2.33. The molecule has 1 aromatic heterocycles. The molecule has 6 heteroatoms. The SMILES string of the molecule is Cn1cc(S(=O)(=O)NCC2(C)CCC2)cc1CN. The summed E-state index contributed by atoms with van der Waals surface area (Å²) in [4.78, 5) is 0.299. The van der Waals surface area contributed by atoms with Gasteiger partial charge in [0.2, 0.25) is 10.0 Å². The zero-order chi connectivity index (χ0) is 13.4. The van der Waals surface area contributed by atoms with E-state index in [-0.39, 0.29) is 5.41 Å². The second-order valence-corrected chi connectivity index (χ2v) is 7.24. The Kier molecular flexibility index (Phi) is 3.53. The van der Waals surface area contributed by atoms with Crippen LogP contribution in [0.15, 0.2) is 17.2 Å². The molecule has 3 N–H and O–H groups in total. The molecule has 0 aliphatic heterocycles. The van der Waals surface area contributed by atoms with Crippen LogP contribution < -0.4 is 10.5 Å². The Bertz CT molecular complexity index is 530. The first-order chi connectivity index (χ1) is 8.36. The second-order valence-electron chi connectivity index (χ2n) is 5.47. The normalized spacial score (nSPS) is 18.6. The van der Waals surface area contributed by atoms with Crippen molar-refractivity contribution in [3.05, 3.63) is 18.0 Å². The van der Waals surface area contributed by atoms with E-state index in [9.17, 15) is 8.42 Å². The first-order valence-electron chi connectivity index (χ1n) is 6.21. The number of aryl methyl sites for hydroxylation is 1. The maximum absolute atomic E-state index is 12.1. The van der Waals surface area contributed by atoms with Crippen molar-refractivity contribution in [3.63, 3.8) is 0 Å². The molecule has 0 bridgehead atoms. The van der Waals surface area contributed by atoms with Crippen LogP contribution in [0.4, 0.5) is 0 Å². The van der Waals surface area contributed by atoms with Crippen molar-refractivity contribution < 1.29 is 8.42 Å². The molecule has 0 saturated heterocycles. The van der Waals surface area contributed by atoms with Crippen molar-refractivity contribution in [2.24, 2.45) is 18.2 Å². The predicted molar refractivity (Wildman–Crippen MR) is 70.5 cm³/mol. The van der Waals surface area contributed by atoms with E-state index in [1.807, 2.05) is 0 Å². The predicted octanol–water partition coefficient (Wildman–Crippen LogP) is 0.952. The molecule has 1 aromatic rings. The topological polar surface area (TPSA) is 77.1 Å². The summed E-state index contributed by atoms with van der Waals surface area (Å²) in [5.41, 5.74) is 6.49. The summed E-state index contributed by atoms with van der Waals surface area (Å²) in [6, 6.07) is 1.63. The summed E-state index contributed by atoms with van der Waals surface area (Å²) in [6.45, 7) is 2.97. The number of rotatable bonds is 5. The van der Waals surface area contributed by atoms with Crippen LogP contribution in [0.1, 0.15) is 31.9 Å². The molecule has 2 rings (SSSR count). The van der Waals surface area contributed by atoms with Gasteiger partial charge >= 0.3 is 0 Å². The van der Waals surface area contributed by atoms with Crippen LogP contribution in [0, 0.1) is 5.41 Å². The number of aromatic nitrogens is 1. The quantitative estimate of drug-likeness (QED) is 0.837. The molecular weight excluding hydrogens is 250 g/mol. The van der Waals surface area contributed by atoms with Crippen LogP contribution in [0.25, 0.3) is 0 Å². The van der Waals surface area contributed by atoms with Gasteiger partial charge in [-0.15, -0.1) is 0 Å². The largest absolute Gasteiger partial charge is 0.352 e. The van der Waals surface area contributed by atoms with Crippen molar-refractivity contribution >= 4 is 10.0 Å². The van der Waals surface area contributed by atoms with Crippen LogP contribution in [0.2, 0.25) is 0 Å². The molecule has 5 nitrogen and oxygen atoms in total. The van der Waals surface area contributed by atoms with E-state index < -0.39 is 10.0 Å². The fourth-order valence-electron chi connectivity index (χ4n) is 2.24. The van der Waals surface area contributed by atoms with Gasteiger partial charge in [-0.05, 0) is 24.3 Å². The fourth-order valence-corrected chi connectivity index (χ4v) is 3.53. The van der Waals surface area contributed by atoms with E-state index in [0.717, 1.165) is 18.5 Å². The molecule has 0 aromatic carbocycles. The van der Waals surface area contributed by atoms with E-state index in [1.165, 1.54) is 6.42 Å². The van der Waals surface area contributed by atoms with Crippen LogP contribution in [-0.2, 0) is 23.6 Å². The minimum absolute atomic E-state index is 0.137. The van der Waals surface area contributed by atoms with E-state index >= 15 is 0 Å². The number of nitrogens with two attached hydrogens (primary N) is 1. The molecule has 1 heterocycles. The summed E-state index contributed by atoms with van der Waals surface area (Å²) in [5.74, 6) is 0. The zero-order valence-electron chi connectivity index (χ0n) is 10.9. The smallest absolute Gasteiger partial charge is 0.242 e. The van der Waals surface area contributed by atoms with E-state index in [4.69, 9.17) is 5.73 Å². The second kappa shape index (κ2) is 4.68. The molecule has 0 radical (unpaired) electrons. The number of sulfonamides is 1. The average molecular weight is 271 g/mol. The molecule has 0 spiro atoms. The number of hydrogen-bond acceptors (Lipinski definition) is 3. The Labute approximate surface area is 108 Å². The monoisotopic (exact) mass is 271 g/mol. The average Bonchev–Trinajstić information content (AvgIpc) is 2.66. The lowest BCUT2D eigenvalue weighted by Gasteiger charge is -2.38. The van der Waals surface area contributed by atoms with E-state index in [2.05, 4.69) is 11.6 Å². The van der Waals surface area contributed by atoms with Gasteiger partial charge in [0.1, 0.15) is 0 Å². The third kappa shape index (κ3) is 2.60. The van der Waals surface area contributed by atoms with Gasteiger partial charge in [0, 0.05) is 32.0 Å². The molecule has 1 aliphatic rings. The third-order valence-corrected chi connectivity index (χ3v) is 5.22. The molecule has 1 fully saturated rings. The maximum Gasteiger partial charge on any atom is 0.242 e. The van der Waals surface area contributed by atoms with E-state index in [1.54, 1.807) is 23.9 Å². The van der Waals surface area contributed by atoms with Gasteiger partial charge < -0.3 is 10.3 Å². The van der Waals surface area contributed by atoms with E-state index in [0.29, 0.717) is 18.0 Å². The maximum atomic E-state index is 12.1. The molecule has 1 aliphatic carbocycles. The molecule has 102 valence electrons. The number of nitrogens with zero attached hydrogens (tertiary/aromatic N) is 1. The summed E-state index contributed by atoms with van der Waals surface area (Å²) in [6.07, 6.45) is 4.99. The molecule has 0 atom stereocenters. The van der Waals surface area contributed by atoms with Gasteiger partial charge in [0.05, 0.1) is 4.90 Å². The van der Waals surface area contributed by atoms with Crippen LogP contribution >= 0.6 is 0 Å². The van der Waals surface area contributed by atoms with Crippen molar-refractivity contribution in [1.82, 2.24) is 9.29 Å². The molecular formula is C12H21N3O2S. The summed E-state index contributed by atoms with van der Waals surface area (Å²) >= 11 is 0. The van der Waals surface area contributed by atoms with Crippen LogP contribution in [0.5, 0.6) is 0 Å². The molecule has 18 heavy (non-hydrogen) atoms. The standard InChI is InChI=1S/C12H21N3O2S/c1-12(4-3-5-12)9-14-18(16,17)11-6-10(7-13)15(2)8-11/h6,8,14H,3-5,7,9,13H2,1-2H3. The first kappa shape index (κ1) is 13.6. The van der Waals surface area contributed by atoms with Crippen molar-refractivity contribution in [1.29, 1.82) is 0 Å². The van der Waals surface area contributed by atoms with Gasteiger partial charge in [-0.3, -0.25) is 0 Å². The highest BCUT2D eigenvalue weighted by Crippen LogP contribution is 2.39. The van der Waals surface area contributed by atoms with Gasteiger partial charge in [0.25, 0.3) is 0 Å². The lowest BCUT2D eigenvalue weighted by molar-refractivity contribution is 0.166. The number of nitrogens with one attached hydrogen (secondary N) is 1. The first-order valence-corrected chi connectivity index (χ1v) is 7.70. The Balaban J connectivity index is 2.09. The fraction of sp³-hybridized carbons (Fsp3) is 0.667. The zero-order valence-corrected chi connectivity index (χ0v) is 11.8. The van der Waals surface area contributed by atoms with Gasteiger partial charge in [0.15, 0.2) is 0 Å². The lowest BCUT2D eigenvalue weighted by Crippen LogP contribution is -2.39. The molecule has 0 unspecified atom stereocenters.